The number of pyridine rings is 1. The predicted octanol–water partition coefficient (Wildman–Crippen LogP) is 10.7. The number of halogens is 1. The lowest BCUT2D eigenvalue weighted by Crippen LogP contribution is -2.28. The van der Waals surface area contributed by atoms with Crippen LogP contribution in [0.15, 0.2) is 132 Å². The van der Waals surface area contributed by atoms with Gasteiger partial charge in [0.2, 0.25) is 0 Å². The van der Waals surface area contributed by atoms with E-state index in [-0.39, 0.29) is 53.3 Å². The molecule has 2 aliphatic rings. The second kappa shape index (κ2) is 20.9. The number of hydrogen-bond donors (Lipinski definition) is 5. The van der Waals surface area contributed by atoms with Crippen LogP contribution in [-0.2, 0) is 25.3 Å². The molecule has 0 aliphatic carbocycles. The van der Waals surface area contributed by atoms with Gasteiger partial charge in [-0.05, 0) is 87.5 Å². The van der Waals surface area contributed by atoms with Crippen LogP contribution in [0.4, 0.5) is 21.9 Å². The van der Waals surface area contributed by atoms with E-state index in [9.17, 15) is 39.2 Å². The molecule has 0 saturated carbocycles. The van der Waals surface area contributed by atoms with E-state index >= 15 is 0 Å². The van der Waals surface area contributed by atoms with Crippen molar-refractivity contribution in [2.45, 2.75) is 29.5 Å². The first kappa shape index (κ1) is 46.9. The maximum absolute atomic E-state index is 14.0. The summed E-state index contributed by atoms with van der Waals surface area (Å²) in [4.78, 5) is 58.2. The van der Waals surface area contributed by atoms with Crippen molar-refractivity contribution >= 4 is 110 Å². The molecular formula is C48H42ClN4O11PS2. The van der Waals surface area contributed by atoms with Gasteiger partial charge in [0.05, 0.1) is 17.1 Å². The van der Waals surface area contributed by atoms with Crippen LogP contribution in [0.2, 0.25) is 0 Å². The normalized spacial score (nSPS) is 15.1. The quantitative estimate of drug-likeness (QED) is 0.0213. The number of fused-ring (bicyclic) bond motifs is 6. The summed E-state index contributed by atoms with van der Waals surface area (Å²) in [6.45, 7) is 2.57. The number of carbonyl (C=O) groups excluding carboxylic acids is 3. The molecule has 3 amide bonds. The maximum atomic E-state index is 14.0. The topological polar surface area (TPSA) is 208 Å². The molecule has 344 valence electrons. The summed E-state index contributed by atoms with van der Waals surface area (Å²) >= 11 is 6.44. The predicted molar refractivity (Wildman–Crippen MR) is 264 cm³/mol. The molecule has 0 radical (unpaired) electrons. The summed E-state index contributed by atoms with van der Waals surface area (Å²) in [5.41, 5.74) is 3.96. The number of alkyl halides is 1. The Hall–Kier alpha value is -6.62. The minimum absolute atomic E-state index is 0.0771. The molecule has 3 unspecified atom stereocenters. The van der Waals surface area contributed by atoms with Crippen molar-refractivity contribution in [2.75, 3.05) is 40.7 Å². The lowest BCUT2D eigenvalue weighted by molar-refractivity contribution is -0.114. The third-order valence-electron chi connectivity index (χ3n) is 10.9. The van der Waals surface area contributed by atoms with E-state index < -0.39 is 32.1 Å². The number of aliphatic hydroxyl groups is 3. The highest BCUT2D eigenvalue weighted by Crippen LogP contribution is 2.46. The van der Waals surface area contributed by atoms with E-state index in [1.54, 1.807) is 71.8 Å². The number of aromatic nitrogens is 1. The smallest absolute Gasteiger partial charge is 0.411 e. The Kier molecular flexibility index (Phi) is 14.6. The Balaban J connectivity index is 1.05. The Bertz CT molecular complexity index is 3010. The van der Waals surface area contributed by atoms with Gasteiger partial charge < -0.3 is 44.0 Å². The van der Waals surface area contributed by atoms with E-state index in [1.165, 1.54) is 44.7 Å². The van der Waals surface area contributed by atoms with Gasteiger partial charge in [-0.2, -0.15) is 0 Å². The number of anilines is 3. The number of nitrogens with one attached hydrogen (secondary N) is 1. The van der Waals surface area contributed by atoms with E-state index in [0.717, 1.165) is 21.5 Å². The molecule has 5 aromatic carbocycles. The van der Waals surface area contributed by atoms with Gasteiger partial charge in [0.25, 0.3) is 11.8 Å². The van der Waals surface area contributed by atoms with Crippen molar-refractivity contribution in [3.63, 3.8) is 0 Å². The van der Waals surface area contributed by atoms with Crippen molar-refractivity contribution in [1.29, 1.82) is 0 Å². The molecule has 19 heteroatoms. The summed E-state index contributed by atoms with van der Waals surface area (Å²) in [7, 11) is -0.378. The lowest BCUT2D eigenvalue weighted by atomic mass is 9.95. The Morgan fingerprint density at radius 1 is 0.881 bits per heavy atom. The molecule has 0 bridgehead atoms. The average Bonchev–Trinajstić information content (AvgIpc) is 3.94. The minimum atomic E-state index is -3.34. The van der Waals surface area contributed by atoms with Crippen molar-refractivity contribution in [3.05, 3.63) is 150 Å². The van der Waals surface area contributed by atoms with Gasteiger partial charge >= 0.3 is 26.2 Å². The van der Waals surface area contributed by atoms with Crippen LogP contribution in [0.1, 0.15) is 35.1 Å². The molecule has 0 spiro atoms. The maximum Gasteiger partial charge on any atom is 0.411 e. The summed E-state index contributed by atoms with van der Waals surface area (Å²) in [5.74, 6) is -3.11. The second-order valence-electron chi connectivity index (χ2n) is 15.3. The van der Waals surface area contributed by atoms with Gasteiger partial charge in [0, 0.05) is 71.4 Å². The van der Waals surface area contributed by atoms with Crippen LogP contribution in [0, 0.1) is 0 Å². The first-order valence-electron chi connectivity index (χ1n) is 20.8. The fraction of sp³-hybridized carbons (Fsp3) is 0.167. The van der Waals surface area contributed by atoms with Gasteiger partial charge in [0.1, 0.15) is 23.1 Å². The summed E-state index contributed by atoms with van der Waals surface area (Å²) < 4.78 is 28.1. The van der Waals surface area contributed by atoms with Crippen LogP contribution >= 0.6 is 41.4 Å². The minimum Gasteiger partial charge on any atom is -0.476 e. The largest absolute Gasteiger partial charge is 0.476 e. The number of benzene rings is 5. The molecule has 3 atom stereocenters. The number of rotatable bonds is 15. The van der Waals surface area contributed by atoms with Gasteiger partial charge in [0.15, 0.2) is 0 Å². The first-order valence-corrected chi connectivity index (χ1v) is 24.8. The summed E-state index contributed by atoms with van der Waals surface area (Å²) in [6.07, 6.45) is 7.37. The zero-order valence-corrected chi connectivity index (χ0v) is 38.9. The van der Waals surface area contributed by atoms with Crippen LogP contribution < -0.4 is 24.4 Å². The third kappa shape index (κ3) is 10.7. The van der Waals surface area contributed by atoms with E-state index in [2.05, 4.69) is 10.3 Å². The molecule has 3 heterocycles. The van der Waals surface area contributed by atoms with Gasteiger partial charge in [-0.1, -0.05) is 77.5 Å². The first-order chi connectivity index (χ1) is 32.4. The number of hydrogen-bond acceptors (Lipinski definition) is 13. The fourth-order valence-corrected chi connectivity index (χ4v) is 10.4. The standard InChI is InChI=1S/C48H42ClN4O11PS2/c1-28(66-67-42-12-6-7-20-50-42)27-62-48(59)51-37-22-29(13-15-30(37)16-18-43(54)52-21-19-33-32-8-2-3-9-34(32)41(23-38(33)52)64-65(60)61)14-17-44(55)53-26-31(25-49)45-36-11-5-4-10-35(36)40(24-39(45)53)63-47(58)46(56)57/h2-18,20,22-24,28,31,56-58,65H,19,21,25-27H2,1H3,(H,51,59)(H,60,61)/b17-14+,18-16+. The molecule has 6 aromatic rings. The summed E-state index contributed by atoms with van der Waals surface area (Å²) in [5, 5.41) is 35.2. The van der Waals surface area contributed by atoms with Crippen molar-refractivity contribution in [2.24, 2.45) is 0 Å². The van der Waals surface area contributed by atoms with Crippen molar-refractivity contribution in [3.8, 4) is 11.5 Å². The number of carbonyl (C=O) groups is 3. The third-order valence-corrected chi connectivity index (χ3v) is 14.5. The van der Waals surface area contributed by atoms with Crippen molar-refractivity contribution in [1.82, 2.24) is 4.98 Å². The van der Waals surface area contributed by atoms with Crippen LogP contribution in [0.5, 0.6) is 11.5 Å². The monoisotopic (exact) mass is 980 g/mol. The molecule has 8 rings (SSSR count). The highest BCUT2D eigenvalue weighted by Gasteiger charge is 2.34. The highest BCUT2D eigenvalue weighted by molar-refractivity contribution is 8.76. The molecule has 67 heavy (non-hydrogen) atoms. The molecule has 2 aliphatic heterocycles. The molecule has 0 saturated heterocycles. The van der Waals surface area contributed by atoms with Crippen LogP contribution in [0.25, 0.3) is 33.7 Å². The van der Waals surface area contributed by atoms with E-state index in [0.29, 0.717) is 51.6 Å². The molecule has 5 N–H and O–H groups in total. The molecule has 0 fully saturated rings. The molecule has 1 aromatic heterocycles. The van der Waals surface area contributed by atoms with E-state index in [4.69, 9.17) is 25.6 Å². The Morgan fingerprint density at radius 3 is 2.28 bits per heavy atom. The van der Waals surface area contributed by atoms with Crippen molar-refractivity contribution < 1.29 is 53.2 Å². The number of aliphatic hydroxyl groups excluding tert-OH is 2. The lowest BCUT2D eigenvalue weighted by Gasteiger charge is -2.18. The van der Waals surface area contributed by atoms with Gasteiger partial charge in [-0.15, -0.1) is 11.6 Å². The summed E-state index contributed by atoms with van der Waals surface area (Å²) in [6, 6.07) is 28.2. The number of ether oxygens (including phenoxy) is 2. The fourth-order valence-electron chi connectivity index (χ4n) is 7.96. The van der Waals surface area contributed by atoms with E-state index in [1.807, 2.05) is 49.4 Å². The van der Waals surface area contributed by atoms with Crippen LogP contribution in [-0.4, -0.2) is 73.9 Å². The Labute approximate surface area is 397 Å². The SMILES string of the molecule is CC(COC(=O)Nc1cc(/C=C/C(=O)N2CC(CCl)c3c2cc(OC(O)=C(O)O)c2ccccc32)ccc1/C=C/C(=O)N1CCc2c1cc(O[PH](=O)O)c1ccccc21)SSc1ccccn1. The Morgan fingerprint density at radius 2 is 1.57 bits per heavy atom. The average molecular weight is 981 g/mol. The molecular weight excluding hydrogens is 939 g/mol. The van der Waals surface area contributed by atoms with Gasteiger partial charge in [-0.25, -0.2) is 14.3 Å². The van der Waals surface area contributed by atoms with Crippen LogP contribution in [0.3, 0.4) is 0 Å². The second-order valence-corrected chi connectivity index (χ2v) is 19.0. The number of amides is 3. The van der Waals surface area contributed by atoms with Gasteiger partial charge in [-0.3, -0.25) is 14.9 Å². The molecule has 15 nitrogen and oxygen atoms in total. The zero-order chi connectivity index (χ0) is 47.2. The number of nitrogens with zero attached hydrogens (tertiary/aromatic N) is 3. The highest BCUT2D eigenvalue weighted by atomic mass is 35.5. The zero-order valence-electron chi connectivity index (χ0n) is 35.5.